The van der Waals surface area contributed by atoms with E-state index in [0.29, 0.717) is 6.42 Å². The average Bonchev–Trinajstić information content (AvgIpc) is 2.37. The van der Waals surface area contributed by atoms with E-state index < -0.39 is 6.10 Å². The molecule has 0 spiro atoms. The number of aliphatic hydroxyl groups excluding tert-OH is 2. The molecule has 0 aliphatic heterocycles. The molecule has 4 N–H and O–H groups in total. The molecular formula is C13H20N2O3. The van der Waals surface area contributed by atoms with Crippen molar-refractivity contribution in [3.8, 4) is 0 Å². The van der Waals surface area contributed by atoms with Crippen LogP contribution >= 0.6 is 0 Å². The molecule has 5 heteroatoms. The van der Waals surface area contributed by atoms with E-state index in [9.17, 15) is 9.90 Å². The highest BCUT2D eigenvalue weighted by atomic mass is 16.3. The minimum atomic E-state index is -0.770. The van der Waals surface area contributed by atoms with Gasteiger partial charge in [0.1, 0.15) is 0 Å². The van der Waals surface area contributed by atoms with E-state index in [-0.39, 0.29) is 19.1 Å². The van der Waals surface area contributed by atoms with Crippen molar-refractivity contribution in [2.45, 2.75) is 25.9 Å². The van der Waals surface area contributed by atoms with E-state index in [0.717, 1.165) is 17.8 Å². The van der Waals surface area contributed by atoms with Crippen molar-refractivity contribution in [2.24, 2.45) is 0 Å². The van der Waals surface area contributed by atoms with Crippen LogP contribution in [-0.4, -0.2) is 35.4 Å². The average molecular weight is 252 g/mol. The summed E-state index contributed by atoms with van der Waals surface area (Å²) in [5, 5.41) is 23.6. The van der Waals surface area contributed by atoms with Gasteiger partial charge in [0.15, 0.2) is 0 Å². The van der Waals surface area contributed by atoms with Crippen LogP contribution in [0.1, 0.15) is 19.8 Å². The third-order valence-corrected chi connectivity index (χ3v) is 2.40. The lowest BCUT2D eigenvalue weighted by molar-refractivity contribution is -0.116. The summed E-state index contributed by atoms with van der Waals surface area (Å²) in [4.78, 5) is 11.4. The van der Waals surface area contributed by atoms with E-state index in [1.54, 1.807) is 12.1 Å². The first-order valence-electron chi connectivity index (χ1n) is 6.08. The van der Waals surface area contributed by atoms with Gasteiger partial charge in [-0.2, -0.15) is 0 Å². The van der Waals surface area contributed by atoms with Crippen LogP contribution in [0.4, 0.5) is 11.4 Å². The van der Waals surface area contributed by atoms with Gasteiger partial charge in [-0.1, -0.05) is 6.92 Å². The molecule has 1 aromatic carbocycles. The third kappa shape index (κ3) is 5.16. The number of anilines is 2. The molecule has 0 aromatic heterocycles. The quantitative estimate of drug-likeness (QED) is 0.587. The Bertz CT molecular complexity index is 365. The normalized spacial score (nSPS) is 11.9. The number of carbonyl (C=O) groups is 1. The Hall–Kier alpha value is -1.59. The lowest BCUT2D eigenvalue weighted by atomic mass is 10.2. The predicted octanol–water partition coefficient (Wildman–Crippen LogP) is 1.19. The molecule has 0 saturated heterocycles. The van der Waals surface area contributed by atoms with E-state index in [1.165, 1.54) is 0 Å². The van der Waals surface area contributed by atoms with E-state index in [4.69, 9.17) is 5.11 Å². The van der Waals surface area contributed by atoms with Crippen molar-refractivity contribution in [3.05, 3.63) is 24.3 Å². The molecular weight excluding hydrogens is 232 g/mol. The fourth-order valence-corrected chi connectivity index (χ4v) is 1.42. The Morgan fingerprint density at radius 1 is 1.28 bits per heavy atom. The van der Waals surface area contributed by atoms with Crippen LogP contribution in [0.2, 0.25) is 0 Å². The number of rotatable bonds is 7. The molecule has 5 nitrogen and oxygen atoms in total. The number of hydrogen-bond acceptors (Lipinski definition) is 4. The van der Waals surface area contributed by atoms with Crippen molar-refractivity contribution in [1.82, 2.24) is 0 Å². The Labute approximate surface area is 107 Å². The van der Waals surface area contributed by atoms with Crippen molar-refractivity contribution < 1.29 is 15.0 Å². The van der Waals surface area contributed by atoms with Crippen molar-refractivity contribution >= 4 is 17.3 Å². The van der Waals surface area contributed by atoms with Gasteiger partial charge < -0.3 is 20.8 Å². The topological polar surface area (TPSA) is 81.6 Å². The second-order valence-electron chi connectivity index (χ2n) is 4.09. The number of amides is 1. The first-order valence-corrected chi connectivity index (χ1v) is 6.08. The van der Waals surface area contributed by atoms with Gasteiger partial charge in [0.25, 0.3) is 0 Å². The summed E-state index contributed by atoms with van der Waals surface area (Å²) in [6.07, 6.45) is 0.571. The molecule has 0 radical (unpaired) electrons. The van der Waals surface area contributed by atoms with Crippen LogP contribution in [0.5, 0.6) is 0 Å². The van der Waals surface area contributed by atoms with E-state index >= 15 is 0 Å². The van der Waals surface area contributed by atoms with Crippen LogP contribution in [0.25, 0.3) is 0 Å². The molecule has 0 aliphatic rings. The lowest BCUT2D eigenvalue weighted by Crippen LogP contribution is -2.22. The van der Waals surface area contributed by atoms with Crippen LogP contribution in [0.15, 0.2) is 24.3 Å². The molecule has 1 aromatic rings. The fraction of sp³-hybridized carbons (Fsp3) is 0.462. The predicted molar refractivity (Wildman–Crippen MR) is 71.6 cm³/mol. The van der Waals surface area contributed by atoms with Crippen LogP contribution in [0.3, 0.4) is 0 Å². The van der Waals surface area contributed by atoms with Crippen LogP contribution in [-0.2, 0) is 4.79 Å². The zero-order valence-electron chi connectivity index (χ0n) is 10.5. The molecule has 0 aliphatic carbocycles. The Morgan fingerprint density at radius 2 is 1.89 bits per heavy atom. The van der Waals surface area contributed by atoms with Gasteiger partial charge in [0.05, 0.1) is 12.7 Å². The van der Waals surface area contributed by atoms with Gasteiger partial charge in [0, 0.05) is 24.3 Å². The van der Waals surface area contributed by atoms with E-state index in [1.807, 2.05) is 19.1 Å². The summed E-state index contributed by atoms with van der Waals surface area (Å²) in [7, 11) is 0. The minimum Gasteiger partial charge on any atom is -0.394 e. The van der Waals surface area contributed by atoms with Gasteiger partial charge in [0.2, 0.25) is 5.91 Å². The first-order chi connectivity index (χ1) is 8.65. The van der Waals surface area contributed by atoms with Gasteiger partial charge in [-0.25, -0.2) is 0 Å². The van der Waals surface area contributed by atoms with Gasteiger partial charge in [-0.15, -0.1) is 0 Å². The summed E-state index contributed by atoms with van der Waals surface area (Å²) in [5.74, 6) is 0.00825. The van der Waals surface area contributed by atoms with Gasteiger partial charge >= 0.3 is 0 Å². The van der Waals surface area contributed by atoms with Crippen molar-refractivity contribution in [1.29, 1.82) is 0 Å². The van der Waals surface area contributed by atoms with E-state index in [2.05, 4.69) is 10.6 Å². The summed E-state index contributed by atoms with van der Waals surface area (Å²) in [6.45, 7) is 1.98. The second kappa shape index (κ2) is 7.68. The minimum absolute atomic E-state index is 0.00825. The summed E-state index contributed by atoms with van der Waals surface area (Å²) in [5.41, 5.74) is 1.58. The molecule has 100 valence electrons. The second-order valence-corrected chi connectivity index (χ2v) is 4.09. The monoisotopic (exact) mass is 252 g/mol. The maximum atomic E-state index is 11.4. The molecule has 0 saturated carbocycles. The molecule has 1 unspecified atom stereocenters. The van der Waals surface area contributed by atoms with Crippen LogP contribution < -0.4 is 10.6 Å². The highest BCUT2D eigenvalue weighted by molar-refractivity contribution is 5.90. The molecule has 18 heavy (non-hydrogen) atoms. The Morgan fingerprint density at radius 3 is 2.44 bits per heavy atom. The molecule has 0 bridgehead atoms. The molecule has 1 rings (SSSR count). The molecule has 0 heterocycles. The summed E-state index contributed by atoms with van der Waals surface area (Å²) >= 11 is 0. The number of hydrogen-bond donors (Lipinski definition) is 4. The zero-order valence-corrected chi connectivity index (χ0v) is 10.5. The highest BCUT2D eigenvalue weighted by Crippen LogP contribution is 2.13. The Kier molecular flexibility index (Phi) is 6.18. The summed E-state index contributed by atoms with van der Waals surface area (Å²) in [6, 6.07) is 7.21. The smallest absolute Gasteiger partial charge is 0.224 e. The maximum absolute atomic E-state index is 11.4. The molecule has 0 fully saturated rings. The first kappa shape index (κ1) is 14.5. The zero-order chi connectivity index (χ0) is 13.4. The highest BCUT2D eigenvalue weighted by Gasteiger charge is 2.02. The third-order valence-electron chi connectivity index (χ3n) is 2.40. The fourth-order valence-electron chi connectivity index (χ4n) is 1.42. The summed E-state index contributed by atoms with van der Waals surface area (Å²) < 4.78 is 0. The Balaban J connectivity index is 2.44. The number of carbonyl (C=O) groups excluding carboxylic acids is 1. The van der Waals surface area contributed by atoms with Gasteiger partial charge in [-0.05, 0) is 30.7 Å². The lowest BCUT2D eigenvalue weighted by Gasteiger charge is -2.11. The van der Waals surface area contributed by atoms with Crippen LogP contribution in [0, 0.1) is 0 Å². The number of aliphatic hydroxyl groups is 2. The molecule has 1 atom stereocenters. The number of nitrogens with one attached hydrogen (secondary N) is 2. The molecule has 1 amide bonds. The van der Waals surface area contributed by atoms with Crippen molar-refractivity contribution in [3.63, 3.8) is 0 Å². The maximum Gasteiger partial charge on any atom is 0.224 e. The van der Waals surface area contributed by atoms with Gasteiger partial charge in [-0.3, -0.25) is 4.79 Å². The SMILES string of the molecule is CCCC(=O)Nc1ccc(NCC(O)CO)cc1. The number of benzene rings is 1. The standard InChI is InChI=1S/C13H20N2O3/c1-2-3-13(18)15-11-6-4-10(5-7-11)14-8-12(17)9-16/h4-7,12,14,16-17H,2-3,8-9H2,1H3,(H,15,18). The largest absolute Gasteiger partial charge is 0.394 e. The van der Waals surface area contributed by atoms with Crippen molar-refractivity contribution in [2.75, 3.05) is 23.8 Å².